The Morgan fingerprint density at radius 1 is 0.963 bits per heavy atom. The fourth-order valence-electron chi connectivity index (χ4n) is 3.08. The van der Waals surface area contributed by atoms with Crippen LogP contribution in [0.15, 0.2) is 59.5 Å². The Hall–Kier alpha value is -2.22. The maximum absolute atomic E-state index is 12.9. The van der Waals surface area contributed by atoms with Crippen LogP contribution in [0.1, 0.15) is 18.9 Å². The van der Waals surface area contributed by atoms with E-state index in [9.17, 15) is 13.2 Å². The van der Waals surface area contributed by atoms with Gasteiger partial charge in [0.2, 0.25) is 15.9 Å². The second-order valence-electron chi connectivity index (χ2n) is 6.59. The first-order valence-corrected chi connectivity index (χ1v) is 10.6. The molecule has 0 radical (unpaired) electrons. The molecule has 1 aliphatic rings. The van der Waals surface area contributed by atoms with E-state index in [2.05, 4.69) is 22.3 Å². The average molecular weight is 388 g/mol. The monoisotopic (exact) mass is 387 g/mol. The number of rotatable bonds is 6. The molecule has 1 amide bonds. The molecule has 0 saturated carbocycles. The Kier molecular flexibility index (Phi) is 6.26. The van der Waals surface area contributed by atoms with Gasteiger partial charge >= 0.3 is 0 Å². The first-order valence-electron chi connectivity index (χ1n) is 9.15. The molecule has 0 aliphatic carbocycles. The van der Waals surface area contributed by atoms with E-state index in [0.717, 1.165) is 6.54 Å². The number of amides is 1. The lowest BCUT2D eigenvalue weighted by molar-refractivity contribution is -0.115. The van der Waals surface area contributed by atoms with Crippen molar-refractivity contribution in [2.24, 2.45) is 0 Å². The molecule has 1 heterocycles. The maximum atomic E-state index is 12.9. The fourth-order valence-corrected chi connectivity index (χ4v) is 4.50. The normalized spacial score (nSPS) is 16.2. The number of sulfonamides is 1. The van der Waals surface area contributed by atoms with Gasteiger partial charge in [-0.05, 0) is 29.8 Å². The zero-order valence-electron chi connectivity index (χ0n) is 15.5. The third kappa shape index (κ3) is 4.94. The van der Waals surface area contributed by atoms with Gasteiger partial charge in [0.15, 0.2) is 0 Å². The highest BCUT2D eigenvalue weighted by molar-refractivity contribution is 7.89. The number of piperazine rings is 1. The predicted octanol–water partition coefficient (Wildman–Crippen LogP) is 2.54. The summed E-state index contributed by atoms with van der Waals surface area (Å²) < 4.78 is 27.3. The third-order valence-corrected chi connectivity index (χ3v) is 6.59. The van der Waals surface area contributed by atoms with Crippen LogP contribution in [0, 0.1) is 0 Å². The second kappa shape index (κ2) is 8.65. The molecule has 6 nitrogen and oxygen atoms in total. The number of nitrogens with zero attached hydrogens (tertiary/aromatic N) is 2. The van der Waals surface area contributed by atoms with Crippen LogP contribution in [0.3, 0.4) is 0 Å². The minimum atomic E-state index is -3.52. The van der Waals surface area contributed by atoms with E-state index in [1.807, 2.05) is 18.2 Å². The van der Waals surface area contributed by atoms with Crippen LogP contribution in [0.2, 0.25) is 0 Å². The Labute approximate surface area is 160 Å². The van der Waals surface area contributed by atoms with Crippen molar-refractivity contribution in [2.75, 3.05) is 31.5 Å². The summed E-state index contributed by atoms with van der Waals surface area (Å²) in [5.41, 5.74) is 1.84. The van der Waals surface area contributed by atoms with Gasteiger partial charge in [-0.25, -0.2) is 8.42 Å². The van der Waals surface area contributed by atoms with Gasteiger partial charge in [0.1, 0.15) is 0 Å². The third-order valence-electron chi connectivity index (χ3n) is 4.68. The topological polar surface area (TPSA) is 69.7 Å². The maximum Gasteiger partial charge on any atom is 0.243 e. The molecule has 3 rings (SSSR count). The number of hydrogen-bond acceptors (Lipinski definition) is 4. The van der Waals surface area contributed by atoms with Gasteiger partial charge in [-0.15, -0.1) is 0 Å². The average Bonchev–Trinajstić information content (AvgIpc) is 2.69. The smallest absolute Gasteiger partial charge is 0.243 e. The second-order valence-corrected chi connectivity index (χ2v) is 8.53. The first kappa shape index (κ1) is 19.5. The summed E-state index contributed by atoms with van der Waals surface area (Å²) in [6, 6.07) is 16.6. The number of carbonyl (C=O) groups excluding carboxylic acids is 1. The van der Waals surface area contributed by atoms with Gasteiger partial charge in [0.25, 0.3) is 0 Å². The molecule has 2 aromatic rings. The zero-order valence-corrected chi connectivity index (χ0v) is 16.3. The highest BCUT2D eigenvalue weighted by atomic mass is 32.2. The van der Waals surface area contributed by atoms with Gasteiger partial charge in [0, 0.05) is 44.8 Å². The van der Waals surface area contributed by atoms with Crippen LogP contribution in [0.5, 0.6) is 0 Å². The number of carbonyl (C=O) groups is 1. The summed E-state index contributed by atoms with van der Waals surface area (Å²) >= 11 is 0. The van der Waals surface area contributed by atoms with Crippen molar-refractivity contribution in [1.82, 2.24) is 9.21 Å². The first-order chi connectivity index (χ1) is 13.0. The quantitative estimate of drug-likeness (QED) is 0.827. The highest BCUT2D eigenvalue weighted by Gasteiger charge is 2.28. The van der Waals surface area contributed by atoms with Gasteiger partial charge in [0.05, 0.1) is 4.90 Å². The summed E-state index contributed by atoms with van der Waals surface area (Å²) in [5.74, 6) is -0.0971. The molecular weight excluding hydrogens is 362 g/mol. The molecule has 144 valence electrons. The van der Waals surface area contributed by atoms with Crippen LogP contribution in [0.25, 0.3) is 0 Å². The minimum Gasteiger partial charge on any atom is -0.326 e. The molecule has 2 aromatic carbocycles. The number of hydrogen-bond donors (Lipinski definition) is 1. The molecule has 1 fully saturated rings. The lowest BCUT2D eigenvalue weighted by Gasteiger charge is -2.34. The van der Waals surface area contributed by atoms with E-state index in [1.54, 1.807) is 31.2 Å². The van der Waals surface area contributed by atoms with Gasteiger partial charge in [-0.2, -0.15) is 4.31 Å². The van der Waals surface area contributed by atoms with E-state index >= 15 is 0 Å². The molecule has 0 spiro atoms. The van der Waals surface area contributed by atoms with Gasteiger partial charge in [-0.1, -0.05) is 37.3 Å². The van der Waals surface area contributed by atoms with E-state index in [4.69, 9.17) is 0 Å². The van der Waals surface area contributed by atoms with Crippen molar-refractivity contribution in [2.45, 2.75) is 24.8 Å². The van der Waals surface area contributed by atoms with Gasteiger partial charge < -0.3 is 5.32 Å². The Morgan fingerprint density at radius 3 is 2.19 bits per heavy atom. The molecule has 1 N–H and O–H groups in total. The Balaban J connectivity index is 1.60. The summed E-state index contributed by atoms with van der Waals surface area (Å²) in [6.07, 6.45) is 0.382. The standard InChI is InChI=1S/C20H25N3O3S/c1-2-20(24)21-18-8-10-19(11-9-18)27(25,26)23-14-12-22(13-15-23)16-17-6-4-3-5-7-17/h3-11H,2,12-16H2,1H3,(H,21,24). The van der Waals surface area contributed by atoms with E-state index in [0.29, 0.717) is 38.3 Å². The fraction of sp³-hybridized carbons (Fsp3) is 0.350. The van der Waals surface area contributed by atoms with Crippen molar-refractivity contribution in [3.8, 4) is 0 Å². The van der Waals surface area contributed by atoms with E-state index in [-0.39, 0.29) is 10.8 Å². The lowest BCUT2D eigenvalue weighted by Crippen LogP contribution is -2.48. The molecular formula is C20H25N3O3S. The van der Waals surface area contributed by atoms with E-state index < -0.39 is 10.0 Å². The van der Waals surface area contributed by atoms with E-state index in [1.165, 1.54) is 9.87 Å². The zero-order chi connectivity index (χ0) is 19.3. The summed E-state index contributed by atoms with van der Waals surface area (Å²) in [4.78, 5) is 14.0. The van der Waals surface area contributed by atoms with Crippen LogP contribution >= 0.6 is 0 Å². The highest BCUT2D eigenvalue weighted by Crippen LogP contribution is 2.20. The molecule has 1 aliphatic heterocycles. The molecule has 7 heteroatoms. The van der Waals surface area contributed by atoms with Crippen LogP contribution in [-0.2, 0) is 21.4 Å². The molecule has 1 saturated heterocycles. The van der Waals surface area contributed by atoms with Crippen molar-refractivity contribution in [3.63, 3.8) is 0 Å². The summed E-state index contributed by atoms with van der Waals surface area (Å²) in [6.45, 7) is 4.97. The SMILES string of the molecule is CCC(=O)Nc1ccc(S(=O)(=O)N2CCN(Cc3ccccc3)CC2)cc1. The summed E-state index contributed by atoms with van der Waals surface area (Å²) in [5, 5.41) is 2.72. The Bertz CT molecular complexity index is 859. The minimum absolute atomic E-state index is 0.0971. The predicted molar refractivity (Wildman–Crippen MR) is 106 cm³/mol. The van der Waals surface area contributed by atoms with Crippen molar-refractivity contribution >= 4 is 21.6 Å². The van der Waals surface area contributed by atoms with Crippen LogP contribution < -0.4 is 5.32 Å². The lowest BCUT2D eigenvalue weighted by atomic mass is 10.2. The number of nitrogens with one attached hydrogen (secondary N) is 1. The number of anilines is 1. The van der Waals surface area contributed by atoms with Crippen LogP contribution in [-0.4, -0.2) is 49.7 Å². The van der Waals surface area contributed by atoms with Crippen molar-refractivity contribution in [1.29, 1.82) is 0 Å². The van der Waals surface area contributed by atoms with Gasteiger partial charge in [-0.3, -0.25) is 9.69 Å². The van der Waals surface area contributed by atoms with Crippen molar-refractivity contribution in [3.05, 3.63) is 60.2 Å². The summed E-state index contributed by atoms with van der Waals surface area (Å²) in [7, 11) is -3.52. The molecule has 0 unspecified atom stereocenters. The molecule has 27 heavy (non-hydrogen) atoms. The Morgan fingerprint density at radius 2 is 1.59 bits per heavy atom. The molecule has 0 aromatic heterocycles. The van der Waals surface area contributed by atoms with Crippen LogP contribution in [0.4, 0.5) is 5.69 Å². The molecule has 0 atom stereocenters. The molecule has 0 bridgehead atoms. The number of benzene rings is 2. The van der Waals surface area contributed by atoms with Crippen molar-refractivity contribution < 1.29 is 13.2 Å². The largest absolute Gasteiger partial charge is 0.326 e.